The third-order valence-electron chi connectivity index (χ3n) is 11.9. The zero-order valence-corrected chi connectivity index (χ0v) is 32.4. The van der Waals surface area contributed by atoms with Gasteiger partial charge in [0, 0.05) is 35.7 Å². The summed E-state index contributed by atoms with van der Waals surface area (Å²) >= 11 is 0. The van der Waals surface area contributed by atoms with Crippen molar-refractivity contribution in [2.24, 2.45) is 11.7 Å². The molecule has 0 bridgehead atoms. The van der Waals surface area contributed by atoms with Crippen LogP contribution in [0, 0.1) is 17.8 Å². The summed E-state index contributed by atoms with van der Waals surface area (Å²) in [5, 5.41) is 19.2. The van der Waals surface area contributed by atoms with E-state index in [1.165, 1.54) is 12.1 Å². The van der Waals surface area contributed by atoms with Gasteiger partial charge in [0.05, 0.1) is 37.8 Å². The molecule has 4 heterocycles. The fraction of sp³-hybridized carbons (Fsp3) is 0.234. The van der Waals surface area contributed by atoms with E-state index >= 15 is 14.4 Å². The Morgan fingerprint density at radius 3 is 2.20 bits per heavy atom. The van der Waals surface area contributed by atoms with Gasteiger partial charge in [-0.25, -0.2) is 4.79 Å². The lowest BCUT2D eigenvalue weighted by Crippen LogP contribution is -2.53. The van der Waals surface area contributed by atoms with Crippen molar-refractivity contribution in [2.45, 2.75) is 29.6 Å². The number of nitrogens with one attached hydrogen (secondary N) is 3. The van der Waals surface area contributed by atoms with Gasteiger partial charge in [-0.15, -0.1) is 0 Å². The molecule has 13 nitrogen and oxygen atoms in total. The Labute approximate surface area is 346 Å². The molecule has 60 heavy (non-hydrogen) atoms. The maximum Gasteiger partial charge on any atom is 0.324 e. The Morgan fingerprint density at radius 2 is 1.52 bits per heavy atom. The second-order valence-electron chi connectivity index (χ2n) is 15.2. The van der Waals surface area contributed by atoms with Crippen LogP contribution in [0.1, 0.15) is 46.0 Å². The van der Waals surface area contributed by atoms with Crippen LogP contribution in [0.3, 0.4) is 0 Å². The van der Waals surface area contributed by atoms with Gasteiger partial charge in [0.25, 0.3) is 0 Å². The van der Waals surface area contributed by atoms with Crippen molar-refractivity contribution in [3.05, 3.63) is 155 Å². The number of carbonyl (C=O) groups is 4. The molecule has 9 rings (SSSR count). The molecule has 0 saturated carbocycles. The van der Waals surface area contributed by atoms with Crippen LogP contribution in [-0.2, 0) is 29.3 Å². The Morgan fingerprint density at radius 1 is 0.833 bits per heavy atom. The molecule has 0 unspecified atom stereocenters. The fourth-order valence-corrected chi connectivity index (χ4v) is 9.40. The van der Waals surface area contributed by atoms with Crippen LogP contribution < -0.4 is 26.6 Å². The highest BCUT2D eigenvalue weighted by molar-refractivity contribution is 6.13. The number of hydrogen-bond donors (Lipinski definition) is 5. The Balaban J connectivity index is 1.25. The summed E-state index contributed by atoms with van der Waals surface area (Å²) in [4.78, 5) is 61.4. The SMILES string of the molecule is NC(=O)NCC#Cc1ccc2c(c1)[C@]1(C(=O)N2)[C@H](c2ccc(O)cc2)N2[C@H](c3ccccc3)[C@H](c3ccccc3)OC(=O)[C@H]2[C@@H]1C(=O)Nc1ccc(N2CCOCC2)cc1. The number of benzene rings is 5. The normalized spacial score (nSPS) is 24.3. The topological polar surface area (TPSA) is 176 Å². The number of urea groups is 1. The lowest BCUT2D eigenvalue weighted by Gasteiger charge is -2.46. The molecule has 6 atom stereocenters. The van der Waals surface area contributed by atoms with Crippen LogP contribution in [0.4, 0.5) is 21.9 Å². The predicted octanol–water partition coefficient (Wildman–Crippen LogP) is 5.16. The Kier molecular flexibility index (Phi) is 10.2. The van der Waals surface area contributed by atoms with Gasteiger partial charge in [0.15, 0.2) is 0 Å². The van der Waals surface area contributed by atoms with Gasteiger partial charge in [-0.2, -0.15) is 0 Å². The molecule has 3 fully saturated rings. The predicted molar refractivity (Wildman–Crippen MR) is 224 cm³/mol. The molecule has 0 radical (unpaired) electrons. The van der Waals surface area contributed by atoms with E-state index in [0.29, 0.717) is 41.3 Å². The number of nitrogens with zero attached hydrogens (tertiary/aromatic N) is 2. The zero-order chi connectivity index (χ0) is 41.4. The molecule has 1 spiro atoms. The molecule has 4 aliphatic rings. The largest absolute Gasteiger partial charge is 0.508 e. The van der Waals surface area contributed by atoms with Crippen molar-refractivity contribution in [1.82, 2.24) is 10.2 Å². The van der Waals surface area contributed by atoms with E-state index in [4.69, 9.17) is 15.2 Å². The third kappa shape index (κ3) is 6.75. The van der Waals surface area contributed by atoms with Gasteiger partial charge >= 0.3 is 12.0 Å². The molecule has 3 saturated heterocycles. The molecule has 4 aliphatic heterocycles. The maximum atomic E-state index is 15.4. The summed E-state index contributed by atoms with van der Waals surface area (Å²) in [6, 6.07) is 34.7. The van der Waals surface area contributed by atoms with Gasteiger partial charge in [0.1, 0.15) is 23.3 Å². The van der Waals surface area contributed by atoms with E-state index in [1.54, 1.807) is 30.3 Å². The third-order valence-corrected chi connectivity index (χ3v) is 11.9. The maximum absolute atomic E-state index is 15.4. The summed E-state index contributed by atoms with van der Waals surface area (Å²) in [5.74, 6) is 2.91. The molecule has 302 valence electrons. The van der Waals surface area contributed by atoms with Gasteiger partial charge in [-0.05, 0) is 76.9 Å². The molecule has 6 N–H and O–H groups in total. The minimum atomic E-state index is -1.75. The van der Waals surface area contributed by atoms with Crippen LogP contribution in [0.2, 0.25) is 0 Å². The number of ether oxygens (including phenoxy) is 2. The van der Waals surface area contributed by atoms with Crippen molar-refractivity contribution in [3.8, 4) is 17.6 Å². The Bertz CT molecular complexity index is 2500. The molecular weight excluding hydrogens is 761 g/mol. The number of amides is 4. The van der Waals surface area contributed by atoms with E-state index in [-0.39, 0.29) is 12.3 Å². The van der Waals surface area contributed by atoms with Gasteiger partial charge < -0.3 is 41.2 Å². The molecule has 4 amide bonds. The smallest absolute Gasteiger partial charge is 0.324 e. The van der Waals surface area contributed by atoms with E-state index in [0.717, 1.165) is 29.9 Å². The number of nitrogens with two attached hydrogens (primary N) is 1. The molecule has 13 heteroatoms. The first kappa shape index (κ1) is 38.4. The number of primary amides is 1. The average molecular weight is 803 g/mol. The first-order valence-electron chi connectivity index (χ1n) is 19.8. The van der Waals surface area contributed by atoms with E-state index in [1.807, 2.05) is 89.8 Å². The number of rotatable bonds is 7. The quantitative estimate of drug-likeness (QED) is 0.110. The molecule has 0 aliphatic carbocycles. The number of cyclic esters (lactones) is 1. The second-order valence-corrected chi connectivity index (χ2v) is 15.2. The standard InChI is InChI=1S/C47H42N6O7/c48-46(58)49-23-7-8-29-13-22-37-36(28-29)47(45(57)51-37)38(43(55)50-33-16-18-34(19-17-33)52-24-26-59-27-25-52)40-44(56)60-41(31-11-5-2-6-12-31)39(30-9-3-1-4-10-30)53(40)42(47)32-14-20-35(54)21-15-32/h1-6,9-22,28,38-42,54H,23-27H2,(H,50,55)(H,51,57)(H3,48,49,58)/t38-,39-,40-,41+,42+,47-/m1/s1. The number of phenolic OH excluding ortho intramolecular Hbond substituents is 1. The fourth-order valence-electron chi connectivity index (χ4n) is 9.40. The van der Waals surface area contributed by atoms with Crippen molar-refractivity contribution >= 4 is 40.9 Å². The van der Waals surface area contributed by atoms with Crippen molar-refractivity contribution in [3.63, 3.8) is 0 Å². The summed E-state index contributed by atoms with van der Waals surface area (Å²) < 4.78 is 12.0. The number of esters is 1. The first-order chi connectivity index (χ1) is 29.2. The number of aromatic hydroxyl groups is 1. The van der Waals surface area contributed by atoms with E-state index in [9.17, 15) is 9.90 Å². The molecule has 0 aromatic heterocycles. The number of fused-ring (bicyclic) bond motifs is 3. The highest BCUT2D eigenvalue weighted by Gasteiger charge is 2.74. The van der Waals surface area contributed by atoms with Crippen LogP contribution in [0.25, 0.3) is 0 Å². The van der Waals surface area contributed by atoms with Crippen molar-refractivity contribution in [2.75, 3.05) is 48.4 Å². The summed E-state index contributed by atoms with van der Waals surface area (Å²) in [5.41, 5.74) is 8.54. The minimum absolute atomic E-state index is 0.00963. The molecular formula is C47H42N6O7. The Hall–Kier alpha value is -7.14. The number of morpholine rings is 2. The summed E-state index contributed by atoms with van der Waals surface area (Å²) in [7, 11) is 0. The van der Waals surface area contributed by atoms with E-state index < -0.39 is 59.4 Å². The van der Waals surface area contributed by atoms with E-state index in [2.05, 4.69) is 32.7 Å². The lowest BCUT2D eigenvalue weighted by molar-refractivity contribution is -0.177. The summed E-state index contributed by atoms with van der Waals surface area (Å²) in [6.45, 7) is 2.71. The lowest BCUT2D eigenvalue weighted by atomic mass is 9.65. The van der Waals surface area contributed by atoms with Gasteiger partial charge in [-0.1, -0.05) is 84.6 Å². The van der Waals surface area contributed by atoms with Crippen molar-refractivity contribution in [1.29, 1.82) is 0 Å². The average Bonchev–Trinajstić information content (AvgIpc) is 3.75. The van der Waals surface area contributed by atoms with Gasteiger partial charge in [0.2, 0.25) is 11.8 Å². The van der Waals surface area contributed by atoms with Crippen LogP contribution in [0.5, 0.6) is 5.75 Å². The zero-order valence-electron chi connectivity index (χ0n) is 32.4. The monoisotopic (exact) mass is 802 g/mol. The minimum Gasteiger partial charge on any atom is -0.508 e. The van der Waals surface area contributed by atoms with Crippen LogP contribution in [0.15, 0.2) is 127 Å². The number of phenols is 1. The highest BCUT2D eigenvalue weighted by Crippen LogP contribution is 2.65. The highest BCUT2D eigenvalue weighted by atomic mass is 16.6. The number of carbonyl (C=O) groups excluding carboxylic acids is 4. The first-order valence-corrected chi connectivity index (χ1v) is 19.8. The summed E-state index contributed by atoms with van der Waals surface area (Å²) in [6.07, 6.45) is -0.831. The number of hydrogen-bond acceptors (Lipinski definition) is 9. The van der Waals surface area contributed by atoms with Crippen molar-refractivity contribution < 1.29 is 33.8 Å². The molecule has 5 aromatic rings. The van der Waals surface area contributed by atoms with Crippen LogP contribution in [-0.4, -0.2) is 72.7 Å². The van der Waals surface area contributed by atoms with Crippen LogP contribution >= 0.6 is 0 Å². The molecule has 5 aromatic carbocycles. The van der Waals surface area contributed by atoms with Gasteiger partial charge in [-0.3, -0.25) is 19.3 Å². The number of anilines is 3. The second kappa shape index (κ2) is 15.9.